The summed E-state index contributed by atoms with van der Waals surface area (Å²) in [5, 5.41) is 24.8. The fourth-order valence-electron chi connectivity index (χ4n) is 1.54. The number of benzene rings is 2. The fraction of sp³-hybridized carbons (Fsp3) is 0. The number of nitrogens with one attached hydrogen (secondary N) is 2. The number of hydrogen-bond donors (Lipinski definition) is 3. The van der Waals surface area contributed by atoms with Gasteiger partial charge in [-0.3, -0.25) is 10.1 Å². The zero-order valence-corrected chi connectivity index (χ0v) is 10.2. The van der Waals surface area contributed by atoms with Crippen LogP contribution in [0.25, 0.3) is 0 Å². The van der Waals surface area contributed by atoms with Gasteiger partial charge in [0.15, 0.2) is 0 Å². The van der Waals surface area contributed by atoms with Crippen molar-refractivity contribution in [2.45, 2.75) is 0 Å². The summed E-state index contributed by atoms with van der Waals surface area (Å²) in [5.41, 5.74) is 0.807. The summed E-state index contributed by atoms with van der Waals surface area (Å²) < 4.78 is 0. The minimum absolute atomic E-state index is 0.0399. The van der Waals surface area contributed by atoms with E-state index < -0.39 is 11.0 Å². The number of non-ortho nitro benzene ring substituents is 1. The van der Waals surface area contributed by atoms with Crippen LogP contribution in [0.3, 0.4) is 0 Å². The number of aromatic hydroxyl groups is 1. The van der Waals surface area contributed by atoms with Gasteiger partial charge in [-0.05, 0) is 24.3 Å². The Hall–Kier alpha value is -3.09. The monoisotopic (exact) mass is 273 g/mol. The maximum atomic E-state index is 11.7. The van der Waals surface area contributed by atoms with Gasteiger partial charge in [0.1, 0.15) is 5.75 Å². The van der Waals surface area contributed by atoms with E-state index in [-0.39, 0.29) is 11.4 Å². The molecule has 20 heavy (non-hydrogen) atoms. The second-order valence-electron chi connectivity index (χ2n) is 3.93. The van der Waals surface area contributed by atoms with Crippen molar-refractivity contribution in [2.75, 3.05) is 10.6 Å². The Morgan fingerprint density at radius 2 is 1.70 bits per heavy atom. The normalized spacial score (nSPS) is 9.80. The predicted molar refractivity (Wildman–Crippen MR) is 73.8 cm³/mol. The summed E-state index contributed by atoms with van der Waals surface area (Å²) in [6.07, 6.45) is 0. The molecule has 102 valence electrons. The molecular formula is C13H11N3O4. The minimum Gasteiger partial charge on any atom is -0.508 e. The van der Waals surface area contributed by atoms with Gasteiger partial charge in [-0.1, -0.05) is 6.07 Å². The first-order valence-corrected chi connectivity index (χ1v) is 5.66. The lowest BCUT2D eigenvalue weighted by Crippen LogP contribution is -2.19. The topological polar surface area (TPSA) is 104 Å². The number of anilines is 2. The van der Waals surface area contributed by atoms with Crippen LogP contribution in [-0.4, -0.2) is 16.1 Å². The highest BCUT2D eigenvalue weighted by Crippen LogP contribution is 2.17. The number of phenols is 1. The van der Waals surface area contributed by atoms with Gasteiger partial charge in [-0.15, -0.1) is 0 Å². The van der Waals surface area contributed by atoms with Crippen molar-refractivity contribution in [3.63, 3.8) is 0 Å². The standard InChI is InChI=1S/C13H11N3O4/c17-12-3-1-2-10(8-12)15-13(18)14-9-4-6-11(7-5-9)16(19)20/h1-8,17H,(H2,14,15,18). The van der Waals surface area contributed by atoms with Crippen molar-refractivity contribution < 1.29 is 14.8 Å². The maximum absolute atomic E-state index is 11.7. The van der Waals surface area contributed by atoms with Crippen LogP contribution in [-0.2, 0) is 0 Å². The number of urea groups is 1. The molecule has 0 radical (unpaired) electrons. The molecule has 0 aromatic heterocycles. The molecule has 0 atom stereocenters. The lowest BCUT2D eigenvalue weighted by atomic mass is 10.3. The van der Waals surface area contributed by atoms with E-state index in [1.54, 1.807) is 12.1 Å². The Morgan fingerprint density at radius 1 is 1.05 bits per heavy atom. The Balaban J connectivity index is 1.99. The number of nitro groups is 1. The van der Waals surface area contributed by atoms with Crippen molar-refractivity contribution >= 4 is 23.1 Å². The summed E-state index contributed by atoms with van der Waals surface area (Å²) in [7, 11) is 0. The smallest absolute Gasteiger partial charge is 0.323 e. The van der Waals surface area contributed by atoms with Crippen LogP contribution < -0.4 is 10.6 Å². The third-order valence-corrected chi connectivity index (χ3v) is 2.44. The van der Waals surface area contributed by atoms with Crippen LogP contribution in [0.1, 0.15) is 0 Å². The number of rotatable bonds is 3. The first-order valence-electron chi connectivity index (χ1n) is 5.66. The van der Waals surface area contributed by atoms with E-state index in [1.807, 2.05) is 0 Å². The van der Waals surface area contributed by atoms with E-state index >= 15 is 0 Å². The van der Waals surface area contributed by atoms with Crippen LogP contribution in [0.2, 0.25) is 0 Å². The van der Waals surface area contributed by atoms with E-state index in [2.05, 4.69) is 10.6 Å². The molecule has 7 heteroatoms. The number of phenolic OH excluding ortho intramolecular Hbond substituents is 1. The third-order valence-electron chi connectivity index (χ3n) is 2.44. The number of nitro benzene ring substituents is 1. The van der Waals surface area contributed by atoms with Gasteiger partial charge in [0.2, 0.25) is 0 Å². The van der Waals surface area contributed by atoms with E-state index in [0.717, 1.165) is 0 Å². The molecule has 0 saturated heterocycles. The van der Waals surface area contributed by atoms with Crippen LogP contribution in [0, 0.1) is 10.1 Å². The van der Waals surface area contributed by atoms with Gasteiger partial charge >= 0.3 is 6.03 Å². The molecule has 7 nitrogen and oxygen atoms in total. The SMILES string of the molecule is O=C(Nc1ccc([N+](=O)[O-])cc1)Nc1cccc(O)c1. The van der Waals surface area contributed by atoms with Gasteiger partial charge in [0.25, 0.3) is 5.69 Å². The lowest BCUT2D eigenvalue weighted by molar-refractivity contribution is -0.384. The van der Waals surface area contributed by atoms with E-state index in [1.165, 1.54) is 36.4 Å². The number of nitrogens with zero attached hydrogens (tertiary/aromatic N) is 1. The first kappa shape index (κ1) is 13.3. The highest BCUT2D eigenvalue weighted by Gasteiger charge is 2.06. The van der Waals surface area contributed by atoms with E-state index in [0.29, 0.717) is 11.4 Å². The number of hydrogen-bond acceptors (Lipinski definition) is 4. The predicted octanol–water partition coefficient (Wildman–Crippen LogP) is 2.94. The van der Waals surface area contributed by atoms with Crippen LogP contribution >= 0.6 is 0 Å². The molecule has 0 spiro atoms. The molecule has 2 rings (SSSR count). The van der Waals surface area contributed by atoms with E-state index in [9.17, 15) is 20.0 Å². The van der Waals surface area contributed by atoms with Crippen molar-refractivity contribution in [3.8, 4) is 5.75 Å². The highest BCUT2D eigenvalue weighted by atomic mass is 16.6. The average Bonchev–Trinajstić information content (AvgIpc) is 2.39. The first-order chi connectivity index (χ1) is 9.54. The largest absolute Gasteiger partial charge is 0.508 e. The Morgan fingerprint density at radius 3 is 2.30 bits per heavy atom. The van der Waals surface area contributed by atoms with Gasteiger partial charge in [0.05, 0.1) is 4.92 Å². The van der Waals surface area contributed by atoms with Crippen molar-refractivity contribution in [3.05, 3.63) is 58.6 Å². The number of carbonyl (C=O) groups is 1. The van der Waals surface area contributed by atoms with Crippen molar-refractivity contribution in [1.29, 1.82) is 0 Å². The summed E-state index contributed by atoms with van der Waals surface area (Å²) in [4.78, 5) is 21.6. The molecule has 0 unspecified atom stereocenters. The number of carbonyl (C=O) groups excluding carboxylic acids is 1. The number of amides is 2. The molecule has 0 heterocycles. The maximum Gasteiger partial charge on any atom is 0.323 e. The summed E-state index contributed by atoms with van der Waals surface area (Å²) in [5.74, 6) is 0.0399. The summed E-state index contributed by atoms with van der Waals surface area (Å²) in [6.45, 7) is 0. The molecule has 0 aliphatic carbocycles. The second-order valence-corrected chi connectivity index (χ2v) is 3.93. The Kier molecular flexibility index (Phi) is 3.80. The van der Waals surface area contributed by atoms with Crippen LogP contribution in [0.15, 0.2) is 48.5 Å². The zero-order valence-electron chi connectivity index (χ0n) is 10.2. The molecule has 0 aliphatic heterocycles. The molecule has 2 amide bonds. The molecule has 0 aliphatic rings. The van der Waals surface area contributed by atoms with Crippen LogP contribution in [0.4, 0.5) is 21.9 Å². The molecule has 2 aromatic carbocycles. The van der Waals surface area contributed by atoms with E-state index in [4.69, 9.17) is 0 Å². The lowest BCUT2D eigenvalue weighted by Gasteiger charge is -2.07. The Labute approximate surface area is 114 Å². The van der Waals surface area contributed by atoms with Gasteiger partial charge in [-0.25, -0.2) is 4.79 Å². The molecule has 0 bridgehead atoms. The minimum atomic E-state index is -0.517. The highest BCUT2D eigenvalue weighted by molar-refractivity contribution is 5.99. The third kappa shape index (κ3) is 3.45. The van der Waals surface area contributed by atoms with Crippen LogP contribution in [0.5, 0.6) is 5.75 Å². The van der Waals surface area contributed by atoms with Crippen molar-refractivity contribution in [1.82, 2.24) is 0 Å². The molecule has 2 aromatic rings. The quantitative estimate of drug-likeness (QED) is 0.590. The molecular weight excluding hydrogens is 262 g/mol. The molecule has 3 N–H and O–H groups in total. The summed E-state index contributed by atoms with van der Waals surface area (Å²) >= 11 is 0. The average molecular weight is 273 g/mol. The summed E-state index contributed by atoms with van der Waals surface area (Å²) in [6, 6.07) is 11.0. The van der Waals surface area contributed by atoms with Gasteiger partial charge in [-0.2, -0.15) is 0 Å². The van der Waals surface area contributed by atoms with Gasteiger partial charge in [0, 0.05) is 29.6 Å². The second kappa shape index (κ2) is 5.70. The molecule has 0 fully saturated rings. The molecule has 0 saturated carbocycles. The van der Waals surface area contributed by atoms with Crippen molar-refractivity contribution in [2.24, 2.45) is 0 Å². The fourth-order valence-corrected chi connectivity index (χ4v) is 1.54. The zero-order chi connectivity index (χ0) is 14.5. The Bertz CT molecular complexity index is 640. The van der Waals surface area contributed by atoms with Gasteiger partial charge < -0.3 is 15.7 Å².